The molecule has 0 spiro atoms. The molecule has 2 heterocycles. The molecule has 1 saturated heterocycles. The molecule has 0 saturated carbocycles. The topological polar surface area (TPSA) is 52.3 Å². The number of halogens is 1. The fourth-order valence-corrected chi connectivity index (χ4v) is 4.92. The number of para-hydroxylation sites is 1. The molecule has 1 aliphatic rings. The van der Waals surface area contributed by atoms with Crippen molar-refractivity contribution in [2.45, 2.75) is 46.2 Å². The van der Waals surface area contributed by atoms with E-state index in [0.29, 0.717) is 35.5 Å². The van der Waals surface area contributed by atoms with Crippen LogP contribution in [0.4, 0.5) is 0 Å². The monoisotopic (exact) mass is 498 g/mol. The summed E-state index contributed by atoms with van der Waals surface area (Å²) < 4.78 is 9.81. The molecular formula is C26H31ClN4O2S. The van der Waals surface area contributed by atoms with Crippen LogP contribution in [0.2, 0.25) is 5.02 Å². The van der Waals surface area contributed by atoms with Crippen LogP contribution in [0.1, 0.15) is 45.1 Å². The fourth-order valence-electron chi connectivity index (χ4n) is 4.51. The second-order valence-corrected chi connectivity index (χ2v) is 9.77. The van der Waals surface area contributed by atoms with Gasteiger partial charge in [-0.15, -0.1) is 5.10 Å². The lowest BCUT2D eigenvalue weighted by Gasteiger charge is -2.31. The number of benzene rings is 2. The first-order valence-corrected chi connectivity index (χ1v) is 12.6. The molecule has 8 heteroatoms. The van der Waals surface area contributed by atoms with E-state index in [2.05, 4.69) is 41.5 Å². The third-order valence-corrected chi connectivity index (χ3v) is 6.85. The van der Waals surface area contributed by atoms with Gasteiger partial charge in [0.15, 0.2) is 5.82 Å². The van der Waals surface area contributed by atoms with E-state index < -0.39 is 0 Å². The number of nitrogens with zero attached hydrogens (tertiary/aromatic N) is 4. The van der Waals surface area contributed by atoms with Crippen LogP contribution in [0.25, 0.3) is 17.1 Å². The smallest absolute Gasteiger partial charge is 0.310 e. The Labute approximate surface area is 211 Å². The summed E-state index contributed by atoms with van der Waals surface area (Å²) in [7, 11) is 0. The second-order valence-electron chi connectivity index (χ2n) is 8.97. The highest BCUT2D eigenvalue weighted by Crippen LogP contribution is 2.29. The lowest BCUT2D eigenvalue weighted by Crippen LogP contribution is -2.40. The Kier molecular flexibility index (Phi) is 7.86. The number of hydrogen-bond acceptors (Lipinski definition) is 5. The van der Waals surface area contributed by atoms with E-state index in [9.17, 15) is 4.79 Å². The molecule has 0 bridgehead atoms. The van der Waals surface area contributed by atoms with Crippen molar-refractivity contribution in [2.24, 2.45) is 5.92 Å². The van der Waals surface area contributed by atoms with Crippen LogP contribution in [0.3, 0.4) is 0 Å². The van der Waals surface area contributed by atoms with Gasteiger partial charge in [-0.1, -0.05) is 43.6 Å². The first kappa shape index (κ1) is 24.6. The Morgan fingerprint density at radius 2 is 1.94 bits per heavy atom. The van der Waals surface area contributed by atoms with Crippen molar-refractivity contribution in [1.29, 1.82) is 0 Å². The van der Waals surface area contributed by atoms with Gasteiger partial charge in [-0.25, -0.2) is 4.68 Å². The number of carbonyl (C=O) groups excluding carboxylic acids is 1. The van der Waals surface area contributed by atoms with Crippen molar-refractivity contribution in [3.63, 3.8) is 0 Å². The van der Waals surface area contributed by atoms with Gasteiger partial charge in [0, 0.05) is 17.1 Å². The molecule has 1 unspecified atom stereocenters. The number of likely N-dealkylation sites (tertiary alicyclic amines) is 1. The van der Waals surface area contributed by atoms with Crippen molar-refractivity contribution < 1.29 is 9.53 Å². The zero-order chi connectivity index (χ0) is 24.2. The standard InChI is InChI=1S/C26H31ClN4O2S/c1-4-33-25(32)20-8-7-15-29(16-20)17-30-26(34)31(23-10-6-5-9-22(23)18(2)3)24(28-30)19-11-13-21(27)14-12-19/h5-6,9-14,18,20H,4,7-8,15-17H2,1-3H3. The summed E-state index contributed by atoms with van der Waals surface area (Å²) in [5, 5.41) is 5.64. The minimum atomic E-state index is -0.117. The Bertz CT molecular complexity index is 1200. The van der Waals surface area contributed by atoms with E-state index in [4.69, 9.17) is 33.7 Å². The van der Waals surface area contributed by atoms with E-state index >= 15 is 0 Å². The molecule has 0 amide bonds. The van der Waals surface area contributed by atoms with E-state index in [1.807, 2.05) is 41.9 Å². The molecule has 0 N–H and O–H groups in total. The van der Waals surface area contributed by atoms with Crippen LogP contribution in [0.5, 0.6) is 0 Å². The van der Waals surface area contributed by atoms with Gasteiger partial charge in [-0.05, 0) is 80.3 Å². The maximum Gasteiger partial charge on any atom is 0.310 e. The lowest BCUT2D eigenvalue weighted by molar-refractivity contribution is -0.150. The summed E-state index contributed by atoms with van der Waals surface area (Å²) in [4.78, 5) is 14.5. The minimum absolute atomic E-state index is 0.109. The van der Waals surface area contributed by atoms with Gasteiger partial charge in [0.05, 0.1) is 24.9 Å². The number of ether oxygens (including phenoxy) is 1. The molecule has 34 heavy (non-hydrogen) atoms. The van der Waals surface area contributed by atoms with E-state index in [1.54, 1.807) is 0 Å². The van der Waals surface area contributed by atoms with Crippen LogP contribution in [-0.2, 0) is 16.2 Å². The number of esters is 1. The molecular weight excluding hydrogens is 468 g/mol. The molecule has 0 radical (unpaired) electrons. The van der Waals surface area contributed by atoms with Gasteiger partial charge >= 0.3 is 5.97 Å². The molecule has 0 aliphatic carbocycles. The summed E-state index contributed by atoms with van der Waals surface area (Å²) in [6, 6.07) is 16.0. The Hall–Kier alpha value is -2.48. The van der Waals surface area contributed by atoms with Gasteiger partial charge < -0.3 is 4.74 Å². The average Bonchev–Trinajstić information content (AvgIpc) is 3.15. The highest BCUT2D eigenvalue weighted by atomic mass is 35.5. The van der Waals surface area contributed by atoms with Crippen molar-refractivity contribution in [3.8, 4) is 17.1 Å². The van der Waals surface area contributed by atoms with Crippen LogP contribution < -0.4 is 0 Å². The highest BCUT2D eigenvalue weighted by Gasteiger charge is 2.28. The molecule has 180 valence electrons. The highest BCUT2D eigenvalue weighted by molar-refractivity contribution is 7.71. The number of piperidine rings is 1. The van der Waals surface area contributed by atoms with Crippen molar-refractivity contribution in [1.82, 2.24) is 19.2 Å². The maximum absolute atomic E-state index is 12.3. The Morgan fingerprint density at radius 3 is 2.65 bits per heavy atom. The third kappa shape index (κ3) is 5.27. The Morgan fingerprint density at radius 1 is 1.21 bits per heavy atom. The third-order valence-electron chi connectivity index (χ3n) is 6.20. The predicted molar refractivity (Wildman–Crippen MR) is 138 cm³/mol. The van der Waals surface area contributed by atoms with Gasteiger partial charge in [0.1, 0.15) is 0 Å². The molecule has 4 rings (SSSR count). The zero-order valence-electron chi connectivity index (χ0n) is 19.9. The first-order valence-electron chi connectivity index (χ1n) is 11.8. The number of carbonyl (C=O) groups is 1. The quantitative estimate of drug-likeness (QED) is 0.292. The van der Waals surface area contributed by atoms with Crippen LogP contribution in [-0.4, -0.2) is 44.9 Å². The SMILES string of the molecule is CCOC(=O)C1CCCN(Cn2nc(-c3ccc(Cl)cc3)n(-c3ccccc3C(C)C)c2=S)C1. The zero-order valence-corrected chi connectivity index (χ0v) is 21.5. The normalized spacial score (nSPS) is 16.7. The van der Waals surface area contributed by atoms with Crippen LogP contribution >= 0.6 is 23.8 Å². The fraction of sp³-hybridized carbons (Fsp3) is 0.423. The van der Waals surface area contributed by atoms with Crippen molar-refractivity contribution in [3.05, 3.63) is 63.9 Å². The van der Waals surface area contributed by atoms with Crippen molar-refractivity contribution >= 4 is 29.8 Å². The minimum Gasteiger partial charge on any atom is -0.466 e. The van der Waals surface area contributed by atoms with Gasteiger partial charge in [0.25, 0.3) is 0 Å². The van der Waals surface area contributed by atoms with Gasteiger partial charge in [-0.2, -0.15) is 0 Å². The molecule has 1 aromatic heterocycles. The lowest BCUT2D eigenvalue weighted by atomic mass is 9.99. The van der Waals surface area contributed by atoms with E-state index in [-0.39, 0.29) is 11.9 Å². The van der Waals surface area contributed by atoms with Gasteiger partial charge in [0.2, 0.25) is 4.77 Å². The molecule has 6 nitrogen and oxygen atoms in total. The van der Waals surface area contributed by atoms with Gasteiger partial charge in [-0.3, -0.25) is 14.3 Å². The molecule has 1 aliphatic heterocycles. The van der Waals surface area contributed by atoms with E-state index in [0.717, 1.165) is 36.5 Å². The molecule has 1 atom stereocenters. The van der Waals surface area contributed by atoms with Crippen molar-refractivity contribution in [2.75, 3.05) is 19.7 Å². The van der Waals surface area contributed by atoms with E-state index in [1.165, 1.54) is 5.56 Å². The maximum atomic E-state index is 12.3. The molecule has 3 aromatic rings. The average molecular weight is 499 g/mol. The van der Waals surface area contributed by atoms with Crippen LogP contribution in [0, 0.1) is 10.7 Å². The predicted octanol–water partition coefficient (Wildman–Crippen LogP) is 6.08. The summed E-state index contributed by atoms with van der Waals surface area (Å²) >= 11 is 12.1. The number of hydrogen-bond donors (Lipinski definition) is 0. The second kappa shape index (κ2) is 10.8. The molecule has 1 fully saturated rings. The molecule has 2 aromatic carbocycles. The first-order chi connectivity index (χ1) is 16.4. The summed E-state index contributed by atoms with van der Waals surface area (Å²) in [6.07, 6.45) is 1.80. The largest absolute Gasteiger partial charge is 0.466 e. The van der Waals surface area contributed by atoms with Crippen LogP contribution in [0.15, 0.2) is 48.5 Å². The summed E-state index contributed by atoms with van der Waals surface area (Å²) in [5.41, 5.74) is 3.17. The summed E-state index contributed by atoms with van der Waals surface area (Å²) in [6.45, 7) is 8.67. The number of rotatable bonds is 7. The Balaban J connectivity index is 1.74. The summed E-state index contributed by atoms with van der Waals surface area (Å²) in [5.74, 6) is 0.872. The number of aromatic nitrogens is 3.